The lowest BCUT2D eigenvalue weighted by atomic mass is 10.2. The minimum absolute atomic E-state index is 0.0590. The highest BCUT2D eigenvalue weighted by Gasteiger charge is 2.20. The van der Waals surface area contributed by atoms with Crippen molar-refractivity contribution in [2.75, 3.05) is 0 Å². The molecule has 0 aliphatic rings. The van der Waals surface area contributed by atoms with E-state index in [0.29, 0.717) is 26.5 Å². The number of aryl methyl sites for hydroxylation is 1. The lowest BCUT2D eigenvalue weighted by molar-refractivity contribution is 0.0942. The Hall–Kier alpha value is -3.49. The molecule has 4 rings (SSSR count). The number of hydrogen-bond donors (Lipinski definition) is 2. The number of rotatable bonds is 1. The average Bonchev–Trinajstić information content (AvgIpc) is 3.03. The first kappa shape index (κ1) is 14.1. The number of H-pyrrole nitrogens is 1. The molecular formula is C15H10FN5O3. The molecule has 24 heavy (non-hydrogen) atoms. The van der Waals surface area contributed by atoms with Gasteiger partial charge in [-0.05, 0) is 12.1 Å². The van der Waals surface area contributed by atoms with Crippen LogP contribution in [0.1, 0.15) is 10.5 Å². The Bertz CT molecular complexity index is 1190. The molecule has 0 saturated heterocycles. The summed E-state index contributed by atoms with van der Waals surface area (Å²) in [7, 11) is 1.41. The van der Waals surface area contributed by atoms with Gasteiger partial charge in [0.2, 0.25) is 5.88 Å². The van der Waals surface area contributed by atoms with Gasteiger partial charge in [-0.25, -0.2) is 19.2 Å². The van der Waals surface area contributed by atoms with Gasteiger partial charge in [0, 0.05) is 17.8 Å². The number of carbonyl (C=O) groups excluding carboxylic acids is 1. The Morgan fingerprint density at radius 2 is 2.04 bits per heavy atom. The second-order valence-corrected chi connectivity index (χ2v) is 5.31. The molecule has 4 aromatic rings. The zero-order valence-electron chi connectivity index (χ0n) is 12.3. The molecule has 0 amide bonds. The maximum Gasteiger partial charge on any atom is 0.338 e. The van der Waals surface area contributed by atoms with Crippen LogP contribution in [0.25, 0.3) is 21.9 Å². The molecule has 0 atom stereocenters. The number of halogens is 1. The normalized spacial score (nSPS) is 11.4. The van der Waals surface area contributed by atoms with Crippen LogP contribution in [0.3, 0.4) is 0 Å². The number of hydrogen-bond acceptors (Lipinski definition) is 5. The first-order valence-electron chi connectivity index (χ1n) is 6.91. The summed E-state index contributed by atoms with van der Waals surface area (Å²) in [6.07, 6.45) is 3.61. The van der Waals surface area contributed by atoms with E-state index in [9.17, 15) is 19.1 Å². The molecule has 9 heteroatoms. The Labute approximate surface area is 132 Å². The number of carbonyl (C=O) groups is 1. The first-order valence-corrected chi connectivity index (χ1v) is 6.91. The van der Waals surface area contributed by atoms with Crippen LogP contribution in [-0.4, -0.2) is 35.1 Å². The highest BCUT2D eigenvalue weighted by Crippen LogP contribution is 2.25. The summed E-state index contributed by atoms with van der Waals surface area (Å²) in [5.41, 5.74) is 0.282. The van der Waals surface area contributed by atoms with Crippen molar-refractivity contribution < 1.29 is 14.3 Å². The van der Waals surface area contributed by atoms with E-state index in [1.807, 2.05) is 0 Å². The van der Waals surface area contributed by atoms with Gasteiger partial charge in [-0.2, -0.15) is 4.57 Å². The maximum atomic E-state index is 13.4. The fourth-order valence-corrected chi connectivity index (χ4v) is 2.61. The van der Waals surface area contributed by atoms with Crippen molar-refractivity contribution in [3.63, 3.8) is 0 Å². The molecule has 4 aromatic heterocycles. The maximum absolute atomic E-state index is 13.4. The van der Waals surface area contributed by atoms with Crippen molar-refractivity contribution in [3.05, 3.63) is 52.7 Å². The van der Waals surface area contributed by atoms with Crippen LogP contribution in [0.5, 0.6) is 5.88 Å². The molecule has 0 fully saturated rings. The minimum atomic E-state index is -0.779. The van der Waals surface area contributed by atoms with Gasteiger partial charge < -0.3 is 10.1 Å². The van der Waals surface area contributed by atoms with Crippen LogP contribution in [0.2, 0.25) is 0 Å². The van der Waals surface area contributed by atoms with Crippen molar-refractivity contribution in [3.8, 4) is 5.88 Å². The van der Waals surface area contributed by atoms with Gasteiger partial charge in [-0.1, -0.05) is 0 Å². The monoisotopic (exact) mass is 327 g/mol. The van der Waals surface area contributed by atoms with Crippen LogP contribution in [0.15, 0.2) is 35.5 Å². The third kappa shape index (κ3) is 1.91. The van der Waals surface area contributed by atoms with Crippen LogP contribution in [-0.2, 0) is 7.05 Å². The number of imidazole rings is 1. The predicted molar refractivity (Wildman–Crippen MR) is 82.4 cm³/mol. The highest BCUT2D eigenvalue weighted by atomic mass is 19.1. The van der Waals surface area contributed by atoms with Gasteiger partial charge in [0.1, 0.15) is 17.2 Å². The quantitative estimate of drug-likeness (QED) is 0.545. The molecule has 0 aromatic carbocycles. The summed E-state index contributed by atoms with van der Waals surface area (Å²) in [6, 6.07) is 2.72. The van der Waals surface area contributed by atoms with Crippen molar-refractivity contribution in [1.82, 2.24) is 24.1 Å². The van der Waals surface area contributed by atoms with Crippen LogP contribution >= 0.6 is 0 Å². The van der Waals surface area contributed by atoms with E-state index in [0.717, 1.165) is 17.0 Å². The molecule has 8 nitrogen and oxygen atoms in total. The topological polar surface area (TPSA) is 106 Å². The molecule has 0 unspecified atom stereocenters. The van der Waals surface area contributed by atoms with E-state index in [1.54, 1.807) is 0 Å². The molecule has 0 aliphatic carbocycles. The molecule has 4 heterocycles. The molecule has 0 saturated carbocycles. The number of aromatic nitrogens is 5. The van der Waals surface area contributed by atoms with Crippen molar-refractivity contribution in [1.29, 1.82) is 0 Å². The Kier molecular flexibility index (Phi) is 2.80. The average molecular weight is 327 g/mol. The standard InChI is InChI=1S/C15H10FN5O3/c1-20-6-12(22)21(15(20)24)14(23)10-3-8-9-2-7(16)4-18-13(9)19-11(8)5-17-10/h2-6,22H,1H3,(H,18,19). The molecule has 0 aliphatic heterocycles. The number of fused-ring (bicyclic) bond motifs is 3. The fraction of sp³-hybridized carbons (Fsp3) is 0.0667. The van der Waals surface area contributed by atoms with Crippen molar-refractivity contribution in [2.45, 2.75) is 0 Å². The number of aromatic amines is 1. The van der Waals surface area contributed by atoms with Crippen molar-refractivity contribution in [2.24, 2.45) is 7.05 Å². The van der Waals surface area contributed by atoms with E-state index in [1.165, 1.54) is 25.4 Å². The van der Waals surface area contributed by atoms with E-state index < -0.39 is 23.3 Å². The largest absolute Gasteiger partial charge is 0.493 e. The molecular weight excluding hydrogens is 317 g/mol. The van der Waals surface area contributed by atoms with Gasteiger partial charge in [0.25, 0.3) is 5.91 Å². The number of pyridine rings is 2. The first-order chi connectivity index (χ1) is 11.5. The Morgan fingerprint density at radius 1 is 1.25 bits per heavy atom. The van der Waals surface area contributed by atoms with Gasteiger partial charge in [-0.15, -0.1) is 0 Å². The third-order valence-corrected chi connectivity index (χ3v) is 3.75. The van der Waals surface area contributed by atoms with Crippen LogP contribution < -0.4 is 5.69 Å². The third-order valence-electron chi connectivity index (χ3n) is 3.75. The molecule has 0 bridgehead atoms. The van der Waals surface area contributed by atoms with Gasteiger partial charge in [0.05, 0.1) is 24.1 Å². The zero-order valence-corrected chi connectivity index (χ0v) is 12.3. The number of aromatic hydroxyl groups is 1. The summed E-state index contributed by atoms with van der Waals surface area (Å²) in [4.78, 5) is 35.3. The number of nitrogens with one attached hydrogen (secondary N) is 1. The second-order valence-electron chi connectivity index (χ2n) is 5.31. The van der Waals surface area contributed by atoms with E-state index >= 15 is 0 Å². The lowest BCUT2D eigenvalue weighted by Crippen LogP contribution is -2.28. The predicted octanol–water partition coefficient (Wildman–Crippen LogP) is 1.14. The van der Waals surface area contributed by atoms with E-state index in [4.69, 9.17) is 0 Å². The second kappa shape index (κ2) is 4.75. The summed E-state index contributed by atoms with van der Waals surface area (Å²) in [6.45, 7) is 0. The molecule has 2 N–H and O–H groups in total. The number of nitrogens with zero attached hydrogens (tertiary/aromatic N) is 4. The Balaban J connectivity index is 1.94. The summed E-state index contributed by atoms with van der Waals surface area (Å²) in [5.74, 6) is -1.77. The van der Waals surface area contributed by atoms with Crippen LogP contribution in [0, 0.1) is 5.82 Å². The van der Waals surface area contributed by atoms with E-state index in [2.05, 4.69) is 15.0 Å². The van der Waals surface area contributed by atoms with Gasteiger partial charge >= 0.3 is 5.69 Å². The van der Waals surface area contributed by atoms with Crippen molar-refractivity contribution >= 4 is 27.8 Å². The minimum Gasteiger partial charge on any atom is -0.493 e. The van der Waals surface area contributed by atoms with Gasteiger partial charge in [-0.3, -0.25) is 9.36 Å². The lowest BCUT2D eigenvalue weighted by Gasteiger charge is -2.01. The fourth-order valence-electron chi connectivity index (χ4n) is 2.61. The Morgan fingerprint density at radius 3 is 2.75 bits per heavy atom. The van der Waals surface area contributed by atoms with Gasteiger partial charge in [0.15, 0.2) is 0 Å². The van der Waals surface area contributed by atoms with Crippen LogP contribution in [0.4, 0.5) is 4.39 Å². The molecule has 0 spiro atoms. The smallest absolute Gasteiger partial charge is 0.338 e. The molecule has 120 valence electrons. The highest BCUT2D eigenvalue weighted by molar-refractivity contribution is 6.08. The zero-order chi connectivity index (χ0) is 17.0. The molecule has 0 radical (unpaired) electrons. The van der Waals surface area contributed by atoms with E-state index in [-0.39, 0.29) is 5.69 Å². The summed E-state index contributed by atoms with van der Waals surface area (Å²) < 4.78 is 15.1. The SMILES string of the molecule is Cn1cc(O)n(C(=O)c2cc3c(cn2)[nH]c2ncc(F)cc23)c1=O. The summed E-state index contributed by atoms with van der Waals surface area (Å²) in [5, 5.41) is 10.8. The summed E-state index contributed by atoms with van der Waals surface area (Å²) >= 11 is 0.